The van der Waals surface area contributed by atoms with Gasteiger partial charge in [0.25, 0.3) is 0 Å². The SMILES string of the molecule is CCOC(=O)C1=CC(=NC(C)(C)C)OC1(C)C(Cl)Cl. The molecule has 0 radical (unpaired) electrons. The fourth-order valence-corrected chi connectivity index (χ4v) is 1.91. The number of hydrogen-bond donors (Lipinski definition) is 0. The summed E-state index contributed by atoms with van der Waals surface area (Å²) in [6, 6.07) is 0. The van der Waals surface area contributed by atoms with Crippen LogP contribution in [0.25, 0.3) is 0 Å². The second kappa shape index (κ2) is 5.71. The van der Waals surface area contributed by atoms with Gasteiger partial charge in [-0.05, 0) is 34.6 Å². The van der Waals surface area contributed by atoms with Crippen LogP contribution in [0.1, 0.15) is 34.6 Å². The number of aliphatic imine (C=N–C) groups is 1. The van der Waals surface area contributed by atoms with E-state index in [0.29, 0.717) is 5.90 Å². The van der Waals surface area contributed by atoms with Gasteiger partial charge in [0.2, 0.25) is 5.90 Å². The number of hydrogen-bond acceptors (Lipinski definition) is 4. The summed E-state index contributed by atoms with van der Waals surface area (Å²) in [7, 11) is 0. The van der Waals surface area contributed by atoms with E-state index >= 15 is 0 Å². The predicted molar refractivity (Wildman–Crippen MR) is 76.9 cm³/mol. The predicted octanol–water partition coefficient (Wildman–Crippen LogP) is 3.27. The van der Waals surface area contributed by atoms with Crippen LogP contribution >= 0.6 is 23.2 Å². The van der Waals surface area contributed by atoms with Crippen molar-refractivity contribution in [3.05, 3.63) is 11.6 Å². The molecule has 0 spiro atoms. The van der Waals surface area contributed by atoms with Gasteiger partial charge in [0, 0.05) is 6.08 Å². The van der Waals surface area contributed by atoms with Crippen LogP contribution in [0, 0.1) is 0 Å². The van der Waals surface area contributed by atoms with Crippen LogP contribution in [0.4, 0.5) is 0 Å². The van der Waals surface area contributed by atoms with E-state index in [1.807, 2.05) is 20.8 Å². The molecule has 0 amide bonds. The highest BCUT2D eigenvalue weighted by atomic mass is 35.5. The van der Waals surface area contributed by atoms with Crippen LogP contribution in [0.15, 0.2) is 16.6 Å². The van der Waals surface area contributed by atoms with E-state index < -0.39 is 16.4 Å². The number of alkyl halides is 2. The molecular formula is C13H19Cl2NO3. The molecule has 4 nitrogen and oxygen atoms in total. The normalized spacial score (nSPS) is 25.5. The van der Waals surface area contributed by atoms with E-state index in [2.05, 4.69) is 4.99 Å². The molecule has 1 unspecified atom stereocenters. The first kappa shape index (κ1) is 16.3. The Bertz CT molecular complexity index is 424. The average molecular weight is 308 g/mol. The highest BCUT2D eigenvalue weighted by Crippen LogP contribution is 2.37. The van der Waals surface area contributed by atoms with Gasteiger partial charge in [0.1, 0.15) is 0 Å². The Morgan fingerprint density at radius 3 is 2.53 bits per heavy atom. The maximum absolute atomic E-state index is 11.9. The molecule has 0 aromatic carbocycles. The van der Waals surface area contributed by atoms with Gasteiger partial charge in [-0.3, -0.25) is 0 Å². The van der Waals surface area contributed by atoms with Crippen molar-refractivity contribution in [2.45, 2.75) is 50.6 Å². The van der Waals surface area contributed by atoms with Gasteiger partial charge in [-0.2, -0.15) is 0 Å². The summed E-state index contributed by atoms with van der Waals surface area (Å²) in [5, 5.41) is 0. The first-order valence-corrected chi connectivity index (χ1v) is 6.93. The number of nitrogens with zero attached hydrogens (tertiary/aromatic N) is 1. The molecule has 1 aliphatic rings. The zero-order valence-electron chi connectivity index (χ0n) is 11.8. The van der Waals surface area contributed by atoms with Gasteiger partial charge in [-0.1, -0.05) is 0 Å². The summed E-state index contributed by atoms with van der Waals surface area (Å²) in [4.78, 5) is 15.4. The topological polar surface area (TPSA) is 47.9 Å². The number of carbonyl (C=O) groups is 1. The number of carbonyl (C=O) groups excluding carboxylic acids is 1. The Kier molecular flexibility index (Phi) is 4.91. The van der Waals surface area contributed by atoms with Crippen molar-refractivity contribution in [1.29, 1.82) is 0 Å². The molecule has 0 saturated carbocycles. The van der Waals surface area contributed by atoms with Gasteiger partial charge >= 0.3 is 5.97 Å². The fraction of sp³-hybridized carbons (Fsp3) is 0.692. The zero-order valence-corrected chi connectivity index (χ0v) is 13.3. The molecule has 1 aliphatic heterocycles. The molecule has 0 fully saturated rings. The molecule has 0 aliphatic carbocycles. The molecule has 1 heterocycles. The summed E-state index contributed by atoms with van der Waals surface area (Å²) in [6.45, 7) is 9.43. The van der Waals surface area contributed by atoms with Crippen molar-refractivity contribution in [1.82, 2.24) is 0 Å². The quantitative estimate of drug-likeness (QED) is 0.594. The number of rotatable bonds is 3. The second-order valence-corrected chi connectivity index (χ2v) is 6.51. The van der Waals surface area contributed by atoms with E-state index in [-0.39, 0.29) is 17.7 Å². The highest BCUT2D eigenvalue weighted by molar-refractivity contribution is 6.45. The lowest BCUT2D eigenvalue weighted by molar-refractivity contribution is -0.140. The molecule has 0 bridgehead atoms. The summed E-state index contributed by atoms with van der Waals surface area (Å²) < 4.78 is 10.6. The van der Waals surface area contributed by atoms with Crippen molar-refractivity contribution in [3.63, 3.8) is 0 Å². The summed E-state index contributed by atoms with van der Waals surface area (Å²) in [6.07, 6.45) is 1.54. The number of halogens is 2. The molecule has 0 N–H and O–H groups in total. The van der Waals surface area contributed by atoms with Crippen LogP contribution in [-0.4, -0.2) is 34.5 Å². The minimum Gasteiger partial charge on any atom is -0.463 e. The van der Waals surface area contributed by atoms with Crippen LogP contribution in [0.2, 0.25) is 0 Å². The largest absolute Gasteiger partial charge is 0.463 e. The third-order valence-corrected chi connectivity index (χ3v) is 3.31. The van der Waals surface area contributed by atoms with Crippen molar-refractivity contribution in [2.24, 2.45) is 4.99 Å². The maximum Gasteiger partial charge on any atom is 0.338 e. The van der Waals surface area contributed by atoms with Gasteiger partial charge in [0.15, 0.2) is 10.4 Å². The monoisotopic (exact) mass is 307 g/mol. The number of ether oxygens (including phenoxy) is 2. The molecule has 1 rings (SSSR count). The Hall–Kier alpha value is -0.740. The van der Waals surface area contributed by atoms with E-state index in [0.717, 1.165) is 0 Å². The van der Waals surface area contributed by atoms with Crippen LogP contribution in [0.3, 0.4) is 0 Å². The lowest BCUT2D eigenvalue weighted by Crippen LogP contribution is -2.39. The van der Waals surface area contributed by atoms with Crippen LogP contribution < -0.4 is 0 Å². The Morgan fingerprint density at radius 1 is 1.53 bits per heavy atom. The van der Waals surface area contributed by atoms with Gasteiger partial charge in [-0.25, -0.2) is 9.79 Å². The second-order valence-electron chi connectivity index (χ2n) is 5.41. The standard InChI is InChI=1S/C13H19Cl2NO3/c1-6-18-10(17)8-7-9(16-12(2,3)4)19-13(8,5)11(14)15/h7,11H,6H2,1-5H3. The first-order chi connectivity index (χ1) is 8.60. The summed E-state index contributed by atoms with van der Waals surface area (Å²) in [5.41, 5.74) is -1.18. The van der Waals surface area contributed by atoms with Crippen molar-refractivity contribution in [3.8, 4) is 0 Å². The zero-order chi connectivity index (χ0) is 14.8. The molecule has 6 heteroatoms. The van der Waals surface area contributed by atoms with Crippen molar-refractivity contribution < 1.29 is 14.3 Å². The Balaban J connectivity index is 3.15. The first-order valence-electron chi connectivity index (χ1n) is 6.06. The maximum atomic E-state index is 11.9. The fourth-order valence-electron chi connectivity index (χ4n) is 1.59. The molecule has 0 aromatic rings. The number of esters is 1. The third-order valence-electron chi connectivity index (χ3n) is 2.48. The van der Waals surface area contributed by atoms with Crippen molar-refractivity contribution in [2.75, 3.05) is 6.61 Å². The molecular weight excluding hydrogens is 289 g/mol. The van der Waals surface area contributed by atoms with Crippen LogP contribution in [0.5, 0.6) is 0 Å². The van der Waals surface area contributed by atoms with Crippen molar-refractivity contribution >= 4 is 35.1 Å². The minimum atomic E-state index is -1.14. The third kappa shape index (κ3) is 3.86. The van der Waals surface area contributed by atoms with Gasteiger partial charge in [0.05, 0.1) is 17.7 Å². The summed E-state index contributed by atoms with van der Waals surface area (Å²) >= 11 is 11.9. The van der Waals surface area contributed by atoms with E-state index in [4.69, 9.17) is 32.7 Å². The lowest BCUT2D eigenvalue weighted by atomic mass is 9.99. The average Bonchev–Trinajstić information content (AvgIpc) is 2.54. The molecule has 108 valence electrons. The lowest BCUT2D eigenvalue weighted by Gasteiger charge is -2.27. The molecule has 1 atom stereocenters. The highest BCUT2D eigenvalue weighted by Gasteiger charge is 2.47. The Labute approximate surface area is 123 Å². The summed E-state index contributed by atoms with van der Waals surface area (Å²) in [5.74, 6) is -0.153. The van der Waals surface area contributed by atoms with Gasteiger partial charge < -0.3 is 9.47 Å². The van der Waals surface area contributed by atoms with E-state index in [1.165, 1.54) is 0 Å². The molecule has 19 heavy (non-hydrogen) atoms. The Morgan fingerprint density at radius 2 is 2.11 bits per heavy atom. The smallest absolute Gasteiger partial charge is 0.338 e. The van der Waals surface area contributed by atoms with Gasteiger partial charge in [-0.15, -0.1) is 23.2 Å². The van der Waals surface area contributed by atoms with Crippen LogP contribution in [-0.2, 0) is 14.3 Å². The van der Waals surface area contributed by atoms with E-state index in [1.54, 1.807) is 19.9 Å². The van der Waals surface area contributed by atoms with E-state index in [9.17, 15) is 4.79 Å². The molecule has 0 aromatic heterocycles. The molecule has 0 saturated heterocycles. The minimum absolute atomic E-state index is 0.271.